The van der Waals surface area contributed by atoms with Crippen molar-refractivity contribution in [1.82, 2.24) is 5.32 Å². The topological polar surface area (TPSA) is 98.2 Å². The minimum Gasteiger partial charge on any atom is -0.370 e. The van der Waals surface area contributed by atoms with Gasteiger partial charge in [-0.05, 0) is 31.7 Å². The van der Waals surface area contributed by atoms with Crippen molar-refractivity contribution in [3.05, 3.63) is 0 Å². The van der Waals surface area contributed by atoms with E-state index in [1.807, 2.05) is 0 Å². The third-order valence-corrected chi connectivity index (χ3v) is 3.59. The van der Waals surface area contributed by atoms with Crippen LogP contribution in [0.3, 0.4) is 0 Å². The second-order valence-corrected chi connectivity index (χ2v) is 5.13. The fourth-order valence-electron chi connectivity index (χ4n) is 2.63. The standard InChI is InChI=1S/C13H25N3O2.ClH/c14-8-4-7-13(18)16-11(9-12(15)17)10-5-2-1-3-6-10;/h10-11H,1-9,14H2,(H2,15,17)(H,16,18);1H. The average molecular weight is 292 g/mol. The zero-order valence-electron chi connectivity index (χ0n) is 11.4. The molecule has 0 saturated heterocycles. The highest BCUT2D eigenvalue weighted by Gasteiger charge is 2.26. The molecule has 1 aliphatic carbocycles. The van der Waals surface area contributed by atoms with Gasteiger partial charge in [0.1, 0.15) is 0 Å². The molecule has 0 spiro atoms. The van der Waals surface area contributed by atoms with Crippen molar-refractivity contribution in [2.75, 3.05) is 6.54 Å². The summed E-state index contributed by atoms with van der Waals surface area (Å²) in [4.78, 5) is 22.8. The summed E-state index contributed by atoms with van der Waals surface area (Å²) in [5.41, 5.74) is 10.6. The summed E-state index contributed by atoms with van der Waals surface area (Å²) in [6.45, 7) is 0.511. The Morgan fingerprint density at radius 2 is 1.84 bits per heavy atom. The van der Waals surface area contributed by atoms with E-state index in [9.17, 15) is 9.59 Å². The summed E-state index contributed by atoms with van der Waals surface area (Å²) in [6.07, 6.45) is 7.12. The van der Waals surface area contributed by atoms with Gasteiger partial charge in [0.25, 0.3) is 0 Å². The third-order valence-electron chi connectivity index (χ3n) is 3.59. The maximum absolute atomic E-state index is 11.7. The van der Waals surface area contributed by atoms with Crippen LogP contribution in [0.15, 0.2) is 0 Å². The molecule has 112 valence electrons. The monoisotopic (exact) mass is 291 g/mol. The van der Waals surface area contributed by atoms with Crippen LogP contribution in [0.4, 0.5) is 0 Å². The average Bonchev–Trinajstić information content (AvgIpc) is 2.36. The van der Waals surface area contributed by atoms with Gasteiger partial charge >= 0.3 is 0 Å². The summed E-state index contributed by atoms with van der Waals surface area (Å²) in [5, 5.41) is 2.96. The minimum absolute atomic E-state index is 0. The highest BCUT2D eigenvalue weighted by atomic mass is 35.5. The van der Waals surface area contributed by atoms with Gasteiger partial charge in [-0.1, -0.05) is 19.3 Å². The fourth-order valence-corrected chi connectivity index (χ4v) is 2.63. The Labute approximate surface area is 121 Å². The van der Waals surface area contributed by atoms with E-state index in [0.29, 0.717) is 25.3 Å². The van der Waals surface area contributed by atoms with E-state index in [1.165, 1.54) is 19.3 Å². The molecule has 1 unspecified atom stereocenters. The van der Waals surface area contributed by atoms with E-state index < -0.39 is 0 Å². The number of carbonyl (C=O) groups is 2. The van der Waals surface area contributed by atoms with Crippen molar-refractivity contribution < 1.29 is 9.59 Å². The van der Waals surface area contributed by atoms with Crippen molar-refractivity contribution in [3.8, 4) is 0 Å². The van der Waals surface area contributed by atoms with Crippen LogP contribution in [0.25, 0.3) is 0 Å². The number of hydrogen-bond acceptors (Lipinski definition) is 3. The lowest BCUT2D eigenvalue weighted by molar-refractivity contribution is -0.123. The molecular weight excluding hydrogens is 266 g/mol. The number of halogens is 1. The zero-order valence-corrected chi connectivity index (χ0v) is 12.2. The predicted octanol–water partition coefficient (Wildman–Crippen LogP) is 1.09. The van der Waals surface area contributed by atoms with E-state index in [-0.39, 0.29) is 36.7 Å². The van der Waals surface area contributed by atoms with E-state index in [0.717, 1.165) is 12.8 Å². The van der Waals surface area contributed by atoms with E-state index in [1.54, 1.807) is 0 Å². The van der Waals surface area contributed by atoms with Gasteiger partial charge in [-0.3, -0.25) is 9.59 Å². The highest BCUT2D eigenvalue weighted by molar-refractivity contribution is 5.85. The lowest BCUT2D eigenvalue weighted by Crippen LogP contribution is -2.43. The van der Waals surface area contributed by atoms with Crippen molar-refractivity contribution in [2.24, 2.45) is 17.4 Å². The summed E-state index contributed by atoms with van der Waals surface area (Å²) in [5.74, 6) is 0.0371. The SMILES string of the molecule is Cl.NCCCC(=O)NC(CC(N)=O)C1CCCCC1. The second kappa shape index (κ2) is 10.0. The van der Waals surface area contributed by atoms with Crippen molar-refractivity contribution in [1.29, 1.82) is 0 Å². The molecule has 0 aromatic carbocycles. The van der Waals surface area contributed by atoms with Gasteiger partial charge in [0.15, 0.2) is 0 Å². The van der Waals surface area contributed by atoms with Crippen molar-refractivity contribution in [3.63, 3.8) is 0 Å². The maximum atomic E-state index is 11.7. The van der Waals surface area contributed by atoms with Crippen LogP contribution in [-0.4, -0.2) is 24.4 Å². The molecule has 5 N–H and O–H groups in total. The summed E-state index contributed by atoms with van der Waals surface area (Å²) >= 11 is 0. The van der Waals surface area contributed by atoms with Crippen LogP contribution in [0.5, 0.6) is 0 Å². The van der Waals surface area contributed by atoms with Gasteiger partial charge in [0.05, 0.1) is 0 Å². The molecule has 0 heterocycles. The Morgan fingerprint density at radius 1 is 1.21 bits per heavy atom. The van der Waals surface area contributed by atoms with Gasteiger partial charge in [-0.25, -0.2) is 0 Å². The van der Waals surface area contributed by atoms with E-state index in [2.05, 4.69) is 5.32 Å². The second-order valence-electron chi connectivity index (χ2n) is 5.13. The number of carbonyl (C=O) groups excluding carboxylic acids is 2. The molecule has 0 aliphatic heterocycles. The third kappa shape index (κ3) is 7.38. The molecule has 1 atom stereocenters. The molecule has 6 heteroatoms. The molecule has 1 aliphatic rings. The normalized spacial score (nSPS) is 17.3. The van der Waals surface area contributed by atoms with Crippen molar-refractivity contribution >= 4 is 24.2 Å². The van der Waals surface area contributed by atoms with Gasteiger partial charge in [0.2, 0.25) is 11.8 Å². The molecule has 1 fully saturated rings. The first kappa shape index (κ1) is 18.2. The van der Waals surface area contributed by atoms with Gasteiger partial charge in [-0.15, -0.1) is 12.4 Å². The Morgan fingerprint density at radius 3 is 2.37 bits per heavy atom. The van der Waals surface area contributed by atoms with Crippen molar-refractivity contribution in [2.45, 2.75) is 57.4 Å². The zero-order chi connectivity index (χ0) is 13.4. The van der Waals surface area contributed by atoms with Crippen LogP contribution < -0.4 is 16.8 Å². The smallest absolute Gasteiger partial charge is 0.220 e. The Kier molecular flexibility index (Phi) is 9.61. The molecule has 2 amide bonds. The van der Waals surface area contributed by atoms with E-state index in [4.69, 9.17) is 11.5 Å². The summed E-state index contributed by atoms with van der Waals surface area (Å²) in [7, 11) is 0. The first-order valence-electron chi connectivity index (χ1n) is 6.91. The van der Waals surface area contributed by atoms with E-state index >= 15 is 0 Å². The number of rotatable bonds is 7. The number of primary amides is 1. The Hall–Kier alpha value is -0.810. The van der Waals surface area contributed by atoms with Crippen LogP contribution in [0.1, 0.15) is 51.4 Å². The molecule has 0 radical (unpaired) electrons. The molecular formula is C13H26ClN3O2. The lowest BCUT2D eigenvalue weighted by Gasteiger charge is -2.30. The maximum Gasteiger partial charge on any atom is 0.220 e. The molecule has 5 nitrogen and oxygen atoms in total. The molecule has 0 aromatic rings. The molecule has 0 bridgehead atoms. The Bertz CT molecular complexity index is 281. The lowest BCUT2D eigenvalue weighted by atomic mass is 9.82. The number of amides is 2. The number of hydrogen-bond donors (Lipinski definition) is 3. The predicted molar refractivity (Wildman–Crippen MR) is 77.9 cm³/mol. The van der Waals surface area contributed by atoms with Crippen LogP contribution >= 0.6 is 12.4 Å². The van der Waals surface area contributed by atoms with Crippen LogP contribution in [-0.2, 0) is 9.59 Å². The molecule has 1 rings (SSSR count). The number of nitrogens with two attached hydrogens (primary N) is 2. The molecule has 0 aromatic heterocycles. The minimum atomic E-state index is -0.343. The summed E-state index contributed by atoms with van der Waals surface area (Å²) < 4.78 is 0. The molecule has 19 heavy (non-hydrogen) atoms. The molecule has 1 saturated carbocycles. The number of nitrogens with one attached hydrogen (secondary N) is 1. The largest absolute Gasteiger partial charge is 0.370 e. The first-order valence-corrected chi connectivity index (χ1v) is 6.91. The van der Waals surface area contributed by atoms with Crippen LogP contribution in [0, 0.1) is 5.92 Å². The fraction of sp³-hybridized carbons (Fsp3) is 0.846. The highest BCUT2D eigenvalue weighted by Crippen LogP contribution is 2.27. The first-order chi connectivity index (χ1) is 8.63. The summed E-state index contributed by atoms with van der Waals surface area (Å²) in [6, 6.07) is -0.0897. The van der Waals surface area contributed by atoms with Gasteiger partial charge < -0.3 is 16.8 Å². The van der Waals surface area contributed by atoms with Gasteiger partial charge in [-0.2, -0.15) is 0 Å². The van der Waals surface area contributed by atoms with Gasteiger partial charge in [0, 0.05) is 18.9 Å². The van der Waals surface area contributed by atoms with Crippen LogP contribution in [0.2, 0.25) is 0 Å². The Balaban J connectivity index is 0.00000324. The quantitative estimate of drug-likeness (QED) is 0.655.